The van der Waals surface area contributed by atoms with Crippen molar-refractivity contribution >= 4 is 0 Å². The molecule has 0 aliphatic carbocycles. The lowest BCUT2D eigenvalue weighted by Gasteiger charge is -2.14. The van der Waals surface area contributed by atoms with Crippen molar-refractivity contribution in [1.29, 1.82) is 0 Å². The van der Waals surface area contributed by atoms with Gasteiger partial charge in [0.1, 0.15) is 5.75 Å². The lowest BCUT2D eigenvalue weighted by atomic mass is 9.98. The van der Waals surface area contributed by atoms with Crippen LogP contribution in [0.2, 0.25) is 0 Å². The van der Waals surface area contributed by atoms with Crippen LogP contribution in [0, 0.1) is 6.92 Å². The summed E-state index contributed by atoms with van der Waals surface area (Å²) >= 11 is 0. The lowest BCUT2D eigenvalue weighted by molar-refractivity contribution is -0.137. The van der Waals surface area contributed by atoms with E-state index < -0.39 is 11.7 Å². The van der Waals surface area contributed by atoms with Crippen LogP contribution in [0.25, 0.3) is 11.1 Å². The molecular formula is C15H13F3O. The molecule has 1 nitrogen and oxygen atoms in total. The monoisotopic (exact) mass is 266 g/mol. The molecule has 0 fully saturated rings. The fourth-order valence-corrected chi connectivity index (χ4v) is 1.97. The number of aryl methyl sites for hydroxylation is 1. The number of benzene rings is 2. The van der Waals surface area contributed by atoms with E-state index in [1.54, 1.807) is 0 Å². The first-order valence-electron chi connectivity index (χ1n) is 5.74. The zero-order valence-corrected chi connectivity index (χ0v) is 10.6. The number of hydrogen-bond acceptors (Lipinski definition) is 1. The Balaban J connectivity index is 2.57. The van der Waals surface area contributed by atoms with Crippen molar-refractivity contribution < 1.29 is 17.9 Å². The van der Waals surface area contributed by atoms with E-state index in [9.17, 15) is 13.2 Å². The highest BCUT2D eigenvalue weighted by molar-refractivity contribution is 5.73. The SMILES string of the molecule is COc1cc(C(F)(F)F)ccc1-c1ccccc1C. The van der Waals surface area contributed by atoms with Crippen LogP contribution in [-0.4, -0.2) is 7.11 Å². The molecule has 2 rings (SSSR count). The topological polar surface area (TPSA) is 9.23 Å². The highest BCUT2D eigenvalue weighted by atomic mass is 19.4. The first kappa shape index (κ1) is 13.5. The van der Waals surface area contributed by atoms with Crippen LogP contribution in [0.5, 0.6) is 5.75 Å². The molecule has 0 aliphatic heterocycles. The highest BCUT2D eigenvalue weighted by Crippen LogP contribution is 2.37. The summed E-state index contributed by atoms with van der Waals surface area (Å²) in [7, 11) is 1.37. The van der Waals surface area contributed by atoms with Gasteiger partial charge in [-0.15, -0.1) is 0 Å². The average Bonchev–Trinajstić information content (AvgIpc) is 2.37. The molecule has 0 heterocycles. The largest absolute Gasteiger partial charge is 0.496 e. The fourth-order valence-electron chi connectivity index (χ4n) is 1.97. The summed E-state index contributed by atoms with van der Waals surface area (Å²) < 4.78 is 43.1. The van der Waals surface area contributed by atoms with Gasteiger partial charge in [0.2, 0.25) is 0 Å². The van der Waals surface area contributed by atoms with E-state index in [2.05, 4.69) is 0 Å². The second kappa shape index (κ2) is 4.96. The van der Waals surface area contributed by atoms with Gasteiger partial charge < -0.3 is 4.74 Å². The van der Waals surface area contributed by atoms with E-state index in [4.69, 9.17) is 4.74 Å². The van der Waals surface area contributed by atoms with Crippen LogP contribution in [0.4, 0.5) is 13.2 Å². The molecule has 0 bridgehead atoms. The second-order valence-electron chi connectivity index (χ2n) is 4.23. The summed E-state index contributed by atoms with van der Waals surface area (Å²) in [5.41, 5.74) is 1.81. The summed E-state index contributed by atoms with van der Waals surface area (Å²) in [4.78, 5) is 0. The van der Waals surface area contributed by atoms with Crippen molar-refractivity contribution in [2.45, 2.75) is 13.1 Å². The number of ether oxygens (including phenoxy) is 1. The highest BCUT2D eigenvalue weighted by Gasteiger charge is 2.31. The van der Waals surface area contributed by atoms with Crippen molar-refractivity contribution in [2.75, 3.05) is 7.11 Å². The molecule has 0 spiro atoms. The minimum Gasteiger partial charge on any atom is -0.496 e. The van der Waals surface area contributed by atoms with Gasteiger partial charge in [-0.3, -0.25) is 0 Å². The Hall–Kier alpha value is -1.97. The van der Waals surface area contributed by atoms with Crippen LogP contribution in [0.15, 0.2) is 42.5 Å². The maximum atomic E-state index is 12.7. The molecule has 0 aromatic heterocycles. The average molecular weight is 266 g/mol. The molecule has 0 atom stereocenters. The number of methoxy groups -OCH3 is 1. The second-order valence-corrected chi connectivity index (χ2v) is 4.23. The van der Waals surface area contributed by atoms with Crippen molar-refractivity contribution in [3.05, 3.63) is 53.6 Å². The molecule has 0 saturated carbocycles. The Labute approximate surface area is 109 Å². The fraction of sp³-hybridized carbons (Fsp3) is 0.200. The molecular weight excluding hydrogens is 253 g/mol. The Morgan fingerprint density at radius 3 is 2.21 bits per heavy atom. The number of halogens is 3. The summed E-state index contributed by atoms with van der Waals surface area (Å²) in [6.45, 7) is 1.91. The van der Waals surface area contributed by atoms with Gasteiger partial charge in [-0.25, -0.2) is 0 Å². The Bertz CT molecular complexity index is 588. The number of hydrogen-bond donors (Lipinski definition) is 0. The van der Waals surface area contributed by atoms with Gasteiger partial charge in [0, 0.05) is 5.56 Å². The molecule has 0 aliphatic rings. The van der Waals surface area contributed by atoms with Gasteiger partial charge in [-0.05, 0) is 30.2 Å². The van der Waals surface area contributed by atoms with Gasteiger partial charge in [0.15, 0.2) is 0 Å². The van der Waals surface area contributed by atoms with Crippen molar-refractivity contribution in [3.8, 4) is 16.9 Å². The summed E-state index contributed by atoms with van der Waals surface area (Å²) in [5.74, 6) is 0.226. The Morgan fingerprint density at radius 2 is 1.63 bits per heavy atom. The quantitative estimate of drug-likeness (QED) is 0.766. The van der Waals surface area contributed by atoms with Crippen molar-refractivity contribution in [1.82, 2.24) is 0 Å². The normalized spacial score (nSPS) is 11.4. The van der Waals surface area contributed by atoms with Gasteiger partial charge in [0.25, 0.3) is 0 Å². The van der Waals surface area contributed by atoms with Gasteiger partial charge in [-0.2, -0.15) is 13.2 Å². The van der Waals surface area contributed by atoms with Gasteiger partial charge in [0.05, 0.1) is 12.7 Å². The third kappa shape index (κ3) is 2.72. The van der Waals surface area contributed by atoms with Crippen LogP contribution in [-0.2, 0) is 6.18 Å². The summed E-state index contributed by atoms with van der Waals surface area (Å²) in [6.07, 6.45) is -4.36. The summed E-state index contributed by atoms with van der Waals surface area (Å²) in [6, 6.07) is 11.1. The predicted octanol–water partition coefficient (Wildman–Crippen LogP) is 4.69. The van der Waals surface area contributed by atoms with Crippen LogP contribution >= 0.6 is 0 Å². The van der Waals surface area contributed by atoms with Crippen molar-refractivity contribution in [3.63, 3.8) is 0 Å². The Morgan fingerprint density at radius 1 is 0.947 bits per heavy atom. The molecule has 2 aromatic carbocycles. The van der Waals surface area contributed by atoms with Gasteiger partial charge >= 0.3 is 6.18 Å². The van der Waals surface area contributed by atoms with E-state index in [-0.39, 0.29) is 5.75 Å². The predicted molar refractivity (Wildman–Crippen MR) is 68.2 cm³/mol. The van der Waals surface area contributed by atoms with E-state index >= 15 is 0 Å². The maximum absolute atomic E-state index is 12.7. The molecule has 0 unspecified atom stereocenters. The zero-order chi connectivity index (χ0) is 14.0. The van der Waals surface area contributed by atoms with Gasteiger partial charge in [-0.1, -0.05) is 30.3 Å². The Kier molecular flexibility index (Phi) is 3.51. The molecule has 4 heteroatoms. The number of rotatable bonds is 2. The third-order valence-corrected chi connectivity index (χ3v) is 2.96. The molecule has 0 N–H and O–H groups in total. The third-order valence-electron chi connectivity index (χ3n) is 2.96. The molecule has 2 aromatic rings. The van der Waals surface area contributed by atoms with E-state index in [1.165, 1.54) is 13.2 Å². The van der Waals surface area contributed by atoms with Crippen LogP contribution in [0.3, 0.4) is 0 Å². The molecule has 0 radical (unpaired) electrons. The molecule has 19 heavy (non-hydrogen) atoms. The summed E-state index contributed by atoms with van der Waals surface area (Å²) in [5, 5.41) is 0. The number of alkyl halides is 3. The van der Waals surface area contributed by atoms with E-state index in [0.717, 1.165) is 23.3 Å². The van der Waals surface area contributed by atoms with Crippen molar-refractivity contribution in [2.24, 2.45) is 0 Å². The zero-order valence-electron chi connectivity index (χ0n) is 10.6. The van der Waals surface area contributed by atoms with Crippen LogP contribution < -0.4 is 4.74 Å². The molecule has 100 valence electrons. The van der Waals surface area contributed by atoms with E-state index in [1.807, 2.05) is 31.2 Å². The van der Waals surface area contributed by atoms with Crippen LogP contribution in [0.1, 0.15) is 11.1 Å². The minimum atomic E-state index is -4.36. The smallest absolute Gasteiger partial charge is 0.416 e. The molecule has 0 amide bonds. The maximum Gasteiger partial charge on any atom is 0.416 e. The minimum absolute atomic E-state index is 0.226. The lowest BCUT2D eigenvalue weighted by Crippen LogP contribution is -2.05. The standard InChI is InChI=1S/C15H13F3O/c1-10-5-3-4-6-12(10)13-8-7-11(15(16,17)18)9-14(13)19-2/h3-9H,1-2H3. The first-order chi connectivity index (χ1) is 8.93. The van der Waals surface area contributed by atoms with E-state index in [0.29, 0.717) is 5.56 Å². The first-order valence-corrected chi connectivity index (χ1v) is 5.74. The molecule has 0 saturated heterocycles.